The summed E-state index contributed by atoms with van der Waals surface area (Å²) in [6.45, 7) is 4.68. The van der Waals surface area contributed by atoms with Crippen molar-refractivity contribution in [3.63, 3.8) is 0 Å². The van der Waals surface area contributed by atoms with E-state index < -0.39 is 0 Å². The molecule has 0 spiro atoms. The van der Waals surface area contributed by atoms with Crippen LogP contribution in [0, 0.1) is 12.8 Å². The van der Waals surface area contributed by atoms with E-state index in [9.17, 15) is 0 Å². The summed E-state index contributed by atoms with van der Waals surface area (Å²) in [7, 11) is 1.62. The zero-order valence-electron chi connectivity index (χ0n) is 13.6. The number of piperidine rings is 1. The average molecular weight is 314 g/mol. The van der Waals surface area contributed by atoms with Gasteiger partial charge < -0.3 is 14.4 Å². The van der Waals surface area contributed by atoms with Crippen molar-refractivity contribution in [3.05, 3.63) is 36.4 Å². The zero-order chi connectivity index (χ0) is 16.1. The van der Waals surface area contributed by atoms with Crippen LogP contribution in [0.15, 0.2) is 30.7 Å². The highest BCUT2D eigenvalue weighted by Gasteiger charge is 2.21. The zero-order valence-corrected chi connectivity index (χ0v) is 13.6. The van der Waals surface area contributed by atoms with Crippen LogP contribution in [0.4, 0.5) is 5.82 Å². The lowest BCUT2D eigenvalue weighted by Crippen LogP contribution is -2.36. The molecule has 1 fully saturated rings. The number of pyridine rings is 1. The molecule has 2 aromatic heterocycles. The molecule has 2 aromatic rings. The van der Waals surface area contributed by atoms with E-state index in [1.807, 2.05) is 25.1 Å². The summed E-state index contributed by atoms with van der Waals surface area (Å²) in [6.07, 6.45) is 5.53. The van der Waals surface area contributed by atoms with Gasteiger partial charge in [0.1, 0.15) is 17.9 Å². The smallest absolute Gasteiger partial charge is 0.218 e. The third kappa shape index (κ3) is 4.09. The van der Waals surface area contributed by atoms with Crippen molar-refractivity contribution in [2.45, 2.75) is 19.8 Å². The van der Waals surface area contributed by atoms with Crippen molar-refractivity contribution in [2.24, 2.45) is 5.92 Å². The van der Waals surface area contributed by atoms with Crippen LogP contribution in [0.2, 0.25) is 0 Å². The molecule has 1 aliphatic heterocycles. The van der Waals surface area contributed by atoms with Crippen LogP contribution in [0.25, 0.3) is 0 Å². The van der Waals surface area contributed by atoms with Crippen LogP contribution >= 0.6 is 0 Å². The maximum atomic E-state index is 5.90. The molecule has 6 nitrogen and oxygen atoms in total. The molecule has 0 aliphatic carbocycles. The van der Waals surface area contributed by atoms with Gasteiger partial charge in [0.25, 0.3) is 0 Å². The summed E-state index contributed by atoms with van der Waals surface area (Å²) in [4.78, 5) is 14.8. The monoisotopic (exact) mass is 314 g/mol. The Morgan fingerprint density at radius 3 is 2.74 bits per heavy atom. The molecule has 23 heavy (non-hydrogen) atoms. The molecular weight excluding hydrogens is 292 g/mol. The fourth-order valence-corrected chi connectivity index (χ4v) is 2.77. The van der Waals surface area contributed by atoms with E-state index in [4.69, 9.17) is 9.47 Å². The summed E-state index contributed by atoms with van der Waals surface area (Å²) in [5, 5.41) is 0. The second-order valence-corrected chi connectivity index (χ2v) is 5.79. The summed E-state index contributed by atoms with van der Waals surface area (Å²) < 4.78 is 11.1. The number of aryl methyl sites for hydroxylation is 1. The van der Waals surface area contributed by atoms with Crippen LogP contribution in [0.5, 0.6) is 11.6 Å². The van der Waals surface area contributed by atoms with Crippen LogP contribution in [0.1, 0.15) is 18.5 Å². The Hall–Kier alpha value is -2.37. The first-order chi connectivity index (χ1) is 11.2. The Labute approximate surface area is 136 Å². The second kappa shape index (κ2) is 7.26. The van der Waals surface area contributed by atoms with Crippen molar-refractivity contribution in [1.82, 2.24) is 15.0 Å². The molecule has 0 saturated carbocycles. The van der Waals surface area contributed by atoms with E-state index in [0.717, 1.165) is 49.8 Å². The Bertz CT molecular complexity index is 642. The van der Waals surface area contributed by atoms with Crippen molar-refractivity contribution in [3.8, 4) is 11.6 Å². The topological polar surface area (TPSA) is 60.4 Å². The maximum Gasteiger partial charge on any atom is 0.218 e. The first-order valence-electron chi connectivity index (χ1n) is 7.91. The Morgan fingerprint density at radius 2 is 2.00 bits per heavy atom. The number of rotatable bonds is 5. The van der Waals surface area contributed by atoms with Gasteiger partial charge in [0.05, 0.1) is 13.7 Å². The number of methoxy groups -OCH3 is 1. The molecule has 122 valence electrons. The molecule has 3 heterocycles. The van der Waals surface area contributed by atoms with Crippen molar-refractivity contribution in [2.75, 3.05) is 31.7 Å². The molecule has 6 heteroatoms. The number of ether oxygens (including phenoxy) is 2. The number of aromatic nitrogens is 3. The van der Waals surface area contributed by atoms with Gasteiger partial charge in [-0.05, 0) is 31.7 Å². The number of hydrogen-bond acceptors (Lipinski definition) is 6. The lowest BCUT2D eigenvalue weighted by molar-refractivity contribution is 0.222. The summed E-state index contributed by atoms with van der Waals surface area (Å²) in [5.41, 5.74) is 0.982. The van der Waals surface area contributed by atoms with Crippen molar-refractivity contribution < 1.29 is 9.47 Å². The lowest BCUT2D eigenvalue weighted by Gasteiger charge is -2.32. The van der Waals surface area contributed by atoms with Crippen molar-refractivity contribution >= 4 is 5.82 Å². The molecule has 0 unspecified atom stereocenters. The fraction of sp³-hybridized carbons (Fsp3) is 0.471. The van der Waals surface area contributed by atoms with E-state index in [0.29, 0.717) is 11.8 Å². The molecule has 1 saturated heterocycles. The quantitative estimate of drug-likeness (QED) is 0.845. The van der Waals surface area contributed by atoms with Gasteiger partial charge in [-0.3, -0.25) is 4.98 Å². The van der Waals surface area contributed by atoms with Gasteiger partial charge in [-0.1, -0.05) is 0 Å². The second-order valence-electron chi connectivity index (χ2n) is 5.79. The minimum atomic E-state index is 0.573. The largest absolute Gasteiger partial charge is 0.493 e. The van der Waals surface area contributed by atoms with E-state index in [-0.39, 0.29) is 0 Å². The Balaban J connectivity index is 1.50. The molecule has 0 radical (unpaired) electrons. The molecule has 0 aromatic carbocycles. The van der Waals surface area contributed by atoms with Crippen LogP contribution in [0.3, 0.4) is 0 Å². The van der Waals surface area contributed by atoms with E-state index in [1.165, 1.54) is 0 Å². The van der Waals surface area contributed by atoms with Crippen LogP contribution < -0.4 is 14.4 Å². The highest BCUT2D eigenvalue weighted by Crippen LogP contribution is 2.24. The van der Waals surface area contributed by atoms with Gasteiger partial charge in [0.15, 0.2) is 0 Å². The first-order valence-corrected chi connectivity index (χ1v) is 7.91. The number of anilines is 1. The predicted octanol–water partition coefficient (Wildman–Crippen LogP) is 2.48. The molecule has 3 rings (SSSR count). The molecule has 0 bridgehead atoms. The fourth-order valence-electron chi connectivity index (χ4n) is 2.77. The van der Waals surface area contributed by atoms with Gasteiger partial charge in [-0.2, -0.15) is 0 Å². The highest BCUT2D eigenvalue weighted by atomic mass is 16.5. The summed E-state index contributed by atoms with van der Waals surface area (Å²) >= 11 is 0. The van der Waals surface area contributed by atoms with Crippen molar-refractivity contribution in [1.29, 1.82) is 0 Å². The van der Waals surface area contributed by atoms with E-state index in [2.05, 4.69) is 19.9 Å². The molecule has 0 atom stereocenters. The number of nitrogens with zero attached hydrogens (tertiary/aromatic N) is 4. The predicted molar refractivity (Wildman–Crippen MR) is 88.0 cm³/mol. The highest BCUT2D eigenvalue weighted by molar-refractivity contribution is 5.41. The van der Waals surface area contributed by atoms with Crippen LogP contribution in [-0.4, -0.2) is 41.8 Å². The molecule has 1 aliphatic rings. The first kappa shape index (κ1) is 15.5. The van der Waals surface area contributed by atoms with Gasteiger partial charge in [-0.25, -0.2) is 9.97 Å². The van der Waals surface area contributed by atoms with Gasteiger partial charge >= 0.3 is 0 Å². The molecule has 0 N–H and O–H groups in total. The minimum Gasteiger partial charge on any atom is -0.493 e. The molecular formula is C17H22N4O2. The Kier molecular flexibility index (Phi) is 4.90. The van der Waals surface area contributed by atoms with E-state index in [1.54, 1.807) is 19.6 Å². The standard InChI is InChI=1S/C17H22N4O2/c1-13-9-15(3-6-18-13)23-11-14-4-7-21(8-5-14)16-10-17(22-2)20-12-19-16/h3,6,9-10,12,14H,4-5,7-8,11H2,1-2H3. The van der Waals surface area contributed by atoms with Crippen LogP contribution in [-0.2, 0) is 0 Å². The average Bonchev–Trinajstić information content (AvgIpc) is 2.60. The maximum absolute atomic E-state index is 5.90. The lowest BCUT2D eigenvalue weighted by atomic mass is 9.98. The third-order valence-electron chi connectivity index (χ3n) is 4.13. The normalized spacial score (nSPS) is 15.5. The van der Waals surface area contributed by atoms with Gasteiger partial charge in [0, 0.05) is 37.1 Å². The number of hydrogen-bond donors (Lipinski definition) is 0. The minimum absolute atomic E-state index is 0.573. The Morgan fingerprint density at radius 1 is 1.17 bits per heavy atom. The summed E-state index contributed by atoms with van der Waals surface area (Å²) in [6, 6.07) is 5.77. The molecule has 0 amide bonds. The van der Waals surface area contributed by atoms with Gasteiger partial charge in [-0.15, -0.1) is 0 Å². The van der Waals surface area contributed by atoms with E-state index >= 15 is 0 Å². The SMILES string of the molecule is COc1cc(N2CCC(COc3ccnc(C)c3)CC2)ncn1. The summed E-state index contributed by atoms with van der Waals surface area (Å²) in [5.74, 6) is 3.01. The third-order valence-corrected chi connectivity index (χ3v) is 4.13. The van der Waals surface area contributed by atoms with Gasteiger partial charge in [0.2, 0.25) is 5.88 Å².